The second-order valence-corrected chi connectivity index (χ2v) is 7.28. The Hall–Kier alpha value is -2.54. The van der Waals surface area contributed by atoms with Crippen molar-refractivity contribution in [2.45, 2.75) is 41.5 Å². The van der Waals surface area contributed by atoms with Gasteiger partial charge in [-0.15, -0.1) is 0 Å². The van der Waals surface area contributed by atoms with E-state index in [4.69, 9.17) is 15.0 Å². The van der Waals surface area contributed by atoms with E-state index in [1.165, 1.54) is 22.3 Å². The molecular weight excluding hydrogens is 394 g/mol. The minimum Gasteiger partial charge on any atom is -0.251 e. The van der Waals surface area contributed by atoms with Crippen LogP contribution in [0.2, 0.25) is 0 Å². The average Bonchev–Trinajstić information content (AvgIpc) is 2.67. The van der Waals surface area contributed by atoms with Crippen LogP contribution in [0.15, 0.2) is 64.6 Å². The molecule has 4 heteroatoms. The number of aryl methyl sites for hydroxylation is 4. The summed E-state index contributed by atoms with van der Waals surface area (Å²) in [6.45, 7) is 12.4. The maximum atomic E-state index is 4.86. The summed E-state index contributed by atoms with van der Waals surface area (Å²) < 4.78 is 0. The van der Waals surface area contributed by atoms with E-state index in [0.29, 0.717) is 0 Å². The summed E-state index contributed by atoms with van der Waals surface area (Å²) in [7, 11) is 0. The first-order valence-corrected chi connectivity index (χ1v) is 9.57. The Morgan fingerprint density at radius 3 is 1.24 bits per heavy atom. The van der Waals surface area contributed by atoms with Crippen molar-refractivity contribution in [3.8, 4) is 0 Å². The summed E-state index contributed by atoms with van der Waals surface area (Å²) in [4.78, 5) is 14.5. The van der Waals surface area contributed by atoms with E-state index in [1.807, 2.05) is 32.0 Å². The van der Waals surface area contributed by atoms with Crippen LogP contribution in [0.5, 0.6) is 0 Å². The van der Waals surface area contributed by atoms with Crippen LogP contribution in [0, 0.1) is 27.7 Å². The van der Waals surface area contributed by atoms with Crippen LogP contribution < -0.4 is 0 Å². The number of benzene rings is 2. The van der Waals surface area contributed by atoms with Gasteiger partial charge in [-0.05, 0) is 75.9 Å². The molecule has 0 spiro atoms. The molecule has 0 saturated heterocycles. The third-order valence-electron chi connectivity index (χ3n) is 4.93. The number of rotatable bonds is 4. The Kier molecular flexibility index (Phi) is 7.68. The van der Waals surface area contributed by atoms with E-state index in [0.717, 1.165) is 34.2 Å². The van der Waals surface area contributed by atoms with Gasteiger partial charge in [-0.25, -0.2) is 4.98 Å². The topological polar surface area (TPSA) is 37.6 Å². The van der Waals surface area contributed by atoms with Crippen molar-refractivity contribution in [1.29, 1.82) is 0 Å². The molecule has 0 atom stereocenters. The largest absolute Gasteiger partial charge is 0.251 e. The van der Waals surface area contributed by atoms with E-state index in [9.17, 15) is 0 Å². The van der Waals surface area contributed by atoms with Gasteiger partial charge in [0.15, 0.2) is 0 Å². The second kappa shape index (κ2) is 9.78. The molecule has 3 rings (SSSR count). The molecule has 29 heavy (non-hydrogen) atoms. The quantitative estimate of drug-likeness (QED) is 0.438. The van der Waals surface area contributed by atoms with Crippen molar-refractivity contribution in [3.63, 3.8) is 0 Å². The molecule has 0 N–H and O–H groups in total. The molecule has 0 aliphatic rings. The van der Waals surface area contributed by atoms with Crippen LogP contribution >= 0.6 is 0 Å². The van der Waals surface area contributed by atoms with Gasteiger partial charge in [0.25, 0.3) is 0 Å². The van der Waals surface area contributed by atoms with Gasteiger partial charge in [0.2, 0.25) is 0 Å². The molecule has 148 valence electrons. The molecule has 0 aliphatic heterocycles. The molecule has 3 aromatic rings. The molecule has 0 unspecified atom stereocenters. The molecule has 1 aromatic heterocycles. The molecule has 0 aliphatic carbocycles. The van der Waals surface area contributed by atoms with Crippen LogP contribution in [0.25, 0.3) is 0 Å². The van der Waals surface area contributed by atoms with Crippen LogP contribution in [-0.2, 0) is 17.4 Å². The summed E-state index contributed by atoms with van der Waals surface area (Å²) in [6.07, 6.45) is 0. The number of nitrogens with zero attached hydrogens (tertiary/aromatic N) is 3. The number of pyridine rings is 1. The average molecular weight is 422 g/mol. The van der Waals surface area contributed by atoms with E-state index in [2.05, 4.69) is 64.1 Å². The van der Waals surface area contributed by atoms with Crippen molar-refractivity contribution >= 4 is 22.8 Å². The van der Waals surface area contributed by atoms with Crippen molar-refractivity contribution in [3.05, 3.63) is 88.2 Å². The first-order chi connectivity index (χ1) is 13.4. The fraction of sp³-hybridized carbons (Fsp3) is 0.240. The molecular formula is C25H27CrN3. The number of hydrogen-bond acceptors (Lipinski definition) is 3. The Labute approximate surface area is 184 Å². The molecule has 3 nitrogen and oxygen atoms in total. The Balaban J connectivity index is 0.00000300. The van der Waals surface area contributed by atoms with Gasteiger partial charge in [-0.2, -0.15) is 0 Å². The first-order valence-electron chi connectivity index (χ1n) is 9.57. The molecule has 1 heterocycles. The molecule has 0 fully saturated rings. The van der Waals surface area contributed by atoms with Crippen molar-refractivity contribution in [2.75, 3.05) is 0 Å². The zero-order valence-electron chi connectivity index (χ0n) is 17.9. The van der Waals surface area contributed by atoms with Gasteiger partial charge in [0, 0.05) is 17.4 Å². The van der Waals surface area contributed by atoms with E-state index >= 15 is 0 Å². The van der Waals surface area contributed by atoms with Crippen LogP contribution in [0.4, 0.5) is 11.4 Å². The van der Waals surface area contributed by atoms with E-state index in [-0.39, 0.29) is 17.4 Å². The summed E-state index contributed by atoms with van der Waals surface area (Å²) in [5.74, 6) is 0. The molecule has 0 bridgehead atoms. The zero-order valence-corrected chi connectivity index (χ0v) is 19.2. The number of hydrogen-bond donors (Lipinski definition) is 0. The SMILES string of the molecule is CC(=Nc1c(C)cccc1C)c1cccc(C(C)=Nc2c(C)cccc2C)n1.[Cr]. The zero-order chi connectivity index (χ0) is 20.3. The molecule has 0 saturated carbocycles. The van der Waals surface area contributed by atoms with Crippen LogP contribution in [-0.4, -0.2) is 16.4 Å². The summed E-state index contributed by atoms with van der Waals surface area (Å²) in [5, 5.41) is 0. The van der Waals surface area contributed by atoms with Crippen LogP contribution in [0.3, 0.4) is 0 Å². The Bertz CT molecular complexity index is 958. The standard InChI is InChI=1S/C25H27N3.Cr/c1-16-10-7-11-17(2)24(16)26-20(5)22-14-9-15-23(28-22)21(6)27-25-18(3)12-8-13-19(25)4;/h7-15H,1-6H3;. The first kappa shape index (κ1) is 22.7. The van der Waals surface area contributed by atoms with Gasteiger partial charge in [0.1, 0.15) is 0 Å². The minimum absolute atomic E-state index is 0. The second-order valence-electron chi connectivity index (χ2n) is 7.28. The number of aromatic nitrogens is 1. The van der Waals surface area contributed by atoms with Gasteiger partial charge in [-0.3, -0.25) is 9.98 Å². The number of aliphatic imine (C=N–C) groups is 2. The third-order valence-corrected chi connectivity index (χ3v) is 4.93. The van der Waals surface area contributed by atoms with Crippen molar-refractivity contribution < 1.29 is 17.4 Å². The predicted molar refractivity (Wildman–Crippen MR) is 120 cm³/mol. The monoisotopic (exact) mass is 421 g/mol. The fourth-order valence-corrected chi connectivity index (χ4v) is 3.25. The van der Waals surface area contributed by atoms with Gasteiger partial charge < -0.3 is 0 Å². The maximum absolute atomic E-state index is 4.86. The smallest absolute Gasteiger partial charge is 0.0849 e. The van der Waals surface area contributed by atoms with E-state index < -0.39 is 0 Å². The Morgan fingerprint density at radius 1 is 0.586 bits per heavy atom. The number of para-hydroxylation sites is 2. The predicted octanol–water partition coefficient (Wildman–Crippen LogP) is 6.59. The third kappa shape index (κ3) is 5.29. The normalized spacial score (nSPS) is 11.9. The molecule has 2 aromatic carbocycles. The van der Waals surface area contributed by atoms with E-state index in [1.54, 1.807) is 0 Å². The molecule has 0 amide bonds. The molecule has 0 radical (unpaired) electrons. The maximum Gasteiger partial charge on any atom is 0.0849 e. The summed E-state index contributed by atoms with van der Waals surface area (Å²) in [6, 6.07) is 18.5. The summed E-state index contributed by atoms with van der Waals surface area (Å²) >= 11 is 0. The van der Waals surface area contributed by atoms with Gasteiger partial charge >= 0.3 is 0 Å². The van der Waals surface area contributed by atoms with Gasteiger partial charge in [0.05, 0.1) is 34.2 Å². The fourth-order valence-electron chi connectivity index (χ4n) is 3.25. The van der Waals surface area contributed by atoms with Gasteiger partial charge in [-0.1, -0.05) is 42.5 Å². The minimum atomic E-state index is 0. The van der Waals surface area contributed by atoms with Crippen molar-refractivity contribution in [1.82, 2.24) is 4.98 Å². The van der Waals surface area contributed by atoms with Crippen LogP contribution in [0.1, 0.15) is 47.5 Å². The summed E-state index contributed by atoms with van der Waals surface area (Å²) in [5.41, 5.74) is 10.3. The van der Waals surface area contributed by atoms with Crippen molar-refractivity contribution in [2.24, 2.45) is 9.98 Å². The Morgan fingerprint density at radius 2 is 0.897 bits per heavy atom.